The molecule has 1 N–H and O–H groups in total. The largest absolute Gasteiger partial charge is 0.493 e. The van der Waals surface area contributed by atoms with Crippen LogP contribution in [0.5, 0.6) is 11.5 Å². The van der Waals surface area contributed by atoms with Crippen molar-refractivity contribution in [3.05, 3.63) is 65.3 Å². The van der Waals surface area contributed by atoms with E-state index in [1.54, 1.807) is 41.8 Å². The molecule has 0 fully saturated rings. The SMILES string of the molecule is COc1ccc(C(=O)Nc2ccsc2-c2nc(-c3cccc(F)c3)no2)cc1OC. The molecule has 0 bridgehead atoms. The summed E-state index contributed by atoms with van der Waals surface area (Å²) < 4.78 is 29.2. The van der Waals surface area contributed by atoms with Crippen molar-refractivity contribution in [3.63, 3.8) is 0 Å². The second-order valence-corrected chi connectivity index (χ2v) is 7.04. The summed E-state index contributed by atoms with van der Waals surface area (Å²) in [5.41, 5.74) is 1.42. The Morgan fingerprint density at radius 1 is 1.10 bits per heavy atom. The number of benzene rings is 2. The molecule has 4 rings (SSSR count). The Hall–Kier alpha value is -3.72. The van der Waals surface area contributed by atoms with Crippen molar-refractivity contribution in [2.45, 2.75) is 0 Å². The van der Waals surface area contributed by atoms with Gasteiger partial charge in [-0.25, -0.2) is 4.39 Å². The van der Waals surface area contributed by atoms with E-state index in [1.165, 1.54) is 37.7 Å². The number of amides is 1. The molecule has 30 heavy (non-hydrogen) atoms. The zero-order valence-electron chi connectivity index (χ0n) is 16.0. The molecule has 152 valence electrons. The number of nitrogens with zero attached hydrogens (tertiary/aromatic N) is 2. The summed E-state index contributed by atoms with van der Waals surface area (Å²) in [6.07, 6.45) is 0. The number of nitrogens with one attached hydrogen (secondary N) is 1. The highest BCUT2D eigenvalue weighted by molar-refractivity contribution is 7.14. The maximum Gasteiger partial charge on any atom is 0.270 e. The minimum absolute atomic E-state index is 0.229. The van der Waals surface area contributed by atoms with Crippen molar-refractivity contribution >= 4 is 22.9 Å². The normalized spacial score (nSPS) is 10.6. The monoisotopic (exact) mass is 425 g/mol. The number of carbonyl (C=O) groups is 1. The van der Waals surface area contributed by atoms with E-state index in [4.69, 9.17) is 14.0 Å². The highest BCUT2D eigenvalue weighted by atomic mass is 32.1. The van der Waals surface area contributed by atoms with Crippen LogP contribution in [-0.4, -0.2) is 30.3 Å². The standard InChI is InChI=1S/C21H16FN3O4S/c1-27-16-7-6-13(11-17(16)28-2)20(26)23-15-8-9-30-18(15)21-24-19(25-29-21)12-4-3-5-14(22)10-12/h3-11H,1-2H3,(H,23,26). The fourth-order valence-electron chi connectivity index (χ4n) is 2.81. The third-order valence-electron chi connectivity index (χ3n) is 4.26. The highest BCUT2D eigenvalue weighted by Gasteiger charge is 2.19. The summed E-state index contributed by atoms with van der Waals surface area (Å²) >= 11 is 1.34. The Morgan fingerprint density at radius 3 is 2.70 bits per heavy atom. The lowest BCUT2D eigenvalue weighted by atomic mass is 10.2. The number of methoxy groups -OCH3 is 2. The van der Waals surface area contributed by atoms with E-state index in [-0.39, 0.29) is 17.6 Å². The number of hydrogen-bond donors (Lipinski definition) is 1. The van der Waals surface area contributed by atoms with Gasteiger partial charge in [-0.2, -0.15) is 4.98 Å². The van der Waals surface area contributed by atoms with Crippen LogP contribution in [0.15, 0.2) is 58.4 Å². The Bertz CT molecular complexity index is 1200. The van der Waals surface area contributed by atoms with Gasteiger partial charge in [-0.1, -0.05) is 17.3 Å². The van der Waals surface area contributed by atoms with Crippen molar-refractivity contribution in [3.8, 4) is 33.7 Å². The first-order chi connectivity index (χ1) is 14.6. The molecule has 0 saturated carbocycles. The highest BCUT2D eigenvalue weighted by Crippen LogP contribution is 2.34. The zero-order valence-corrected chi connectivity index (χ0v) is 16.8. The topological polar surface area (TPSA) is 86.5 Å². The Balaban J connectivity index is 1.58. The van der Waals surface area contributed by atoms with Gasteiger partial charge in [0, 0.05) is 11.1 Å². The van der Waals surface area contributed by atoms with E-state index in [0.717, 1.165) is 0 Å². The van der Waals surface area contributed by atoms with Crippen LogP contribution < -0.4 is 14.8 Å². The first kappa shape index (κ1) is 19.6. The van der Waals surface area contributed by atoms with Crippen LogP contribution in [0, 0.1) is 5.82 Å². The molecular weight excluding hydrogens is 409 g/mol. The minimum Gasteiger partial charge on any atom is -0.493 e. The second-order valence-electron chi connectivity index (χ2n) is 6.12. The number of ether oxygens (including phenoxy) is 2. The Morgan fingerprint density at radius 2 is 1.93 bits per heavy atom. The molecule has 0 radical (unpaired) electrons. The van der Waals surface area contributed by atoms with Crippen LogP contribution in [0.3, 0.4) is 0 Å². The Kier molecular flexibility index (Phi) is 5.44. The maximum atomic E-state index is 13.5. The number of aromatic nitrogens is 2. The van der Waals surface area contributed by atoms with E-state index in [2.05, 4.69) is 15.5 Å². The average Bonchev–Trinajstić information content (AvgIpc) is 3.42. The fourth-order valence-corrected chi connectivity index (χ4v) is 3.58. The molecule has 2 aromatic carbocycles. The van der Waals surface area contributed by atoms with Crippen LogP contribution in [0.2, 0.25) is 0 Å². The van der Waals surface area contributed by atoms with Crippen molar-refractivity contribution < 1.29 is 23.2 Å². The van der Waals surface area contributed by atoms with Crippen LogP contribution in [0.25, 0.3) is 22.2 Å². The van der Waals surface area contributed by atoms with E-state index in [0.29, 0.717) is 33.2 Å². The average molecular weight is 425 g/mol. The summed E-state index contributed by atoms with van der Waals surface area (Å²) in [5, 5.41) is 8.55. The molecule has 0 aliphatic rings. The van der Waals surface area contributed by atoms with Crippen LogP contribution in [0.1, 0.15) is 10.4 Å². The third-order valence-corrected chi connectivity index (χ3v) is 5.16. The number of halogens is 1. The molecule has 7 nitrogen and oxygen atoms in total. The van der Waals surface area contributed by atoms with E-state index in [9.17, 15) is 9.18 Å². The molecule has 0 aliphatic heterocycles. The van der Waals surface area contributed by atoms with Crippen molar-refractivity contribution in [2.24, 2.45) is 0 Å². The summed E-state index contributed by atoms with van der Waals surface area (Å²) in [6.45, 7) is 0. The van der Waals surface area contributed by atoms with Gasteiger partial charge in [0.15, 0.2) is 11.5 Å². The van der Waals surface area contributed by atoms with Crippen LogP contribution in [0.4, 0.5) is 10.1 Å². The third kappa shape index (κ3) is 3.87. The van der Waals surface area contributed by atoms with E-state index in [1.807, 2.05) is 0 Å². The zero-order chi connectivity index (χ0) is 21.1. The molecular formula is C21H16FN3O4S. The number of anilines is 1. The van der Waals surface area contributed by atoms with Crippen molar-refractivity contribution in [2.75, 3.05) is 19.5 Å². The number of hydrogen-bond acceptors (Lipinski definition) is 7. The van der Waals surface area contributed by atoms with Gasteiger partial charge in [-0.05, 0) is 41.8 Å². The number of rotatable bonds is 6. The quantitative estimate of drug-likeness (QED) is 0.474. The molecule has 0 aliphatic carbocycles. The van der Waals surface area contributed by atoms with Gasteiger partial charge in [-0.15, -0.1) is 11.3 Å². The van der Waals surface area contributed by atoms with E-state index >= 15 is 0 Å². The lowest BCUT2D eigenvalue weighted by Gasteiger charge is -2.10. The first-order valence-corrected chi connectivity index (χ1v) is 9.68. The number of carbonyl (C=O) groups excluding carboxylic acids is 1. The van der Waals surface area contributed by atoms with Crippen LogP contribution in [-0.2, 0) is 0 Å². The van der Waals surface area contributed by atoms with Gasteiger partial charge >= 0.3 is 0 Å². The summed E-state index contributed by atoms with van der Waals surface area (Å²) in [6, 6.07) is 12.5. The van der Waals surface area contributed by atoms with Gasteiger partial charge < -0.3 is 19.3 Å². The smallest absolute Gasteiger partial charge is 0.270 e. The lowest BCUT2D eigenvalue weighted by molar-refractivity contribution is 0.102. The Labute approximate surface area is 175 Å². The first-order valence-electron chi connectivity index (χ1n) is 8.80. The maximum absolute atomic E-state index is 13.5. The molecule has 0 saturated heterocycles. The summed E-state index contributed by atoms with van der Waals surface area (Å²) in [7, 11) is 3.03. The van der Waals surface area contributed by atoms with Gasteiger partial charge in [0.2, 0.25) is 5.82 Å². The molecule has 0 atom stereocenters. The predicted octanol–water partition coefficient (Wildman–Crippen LogP) is 4.87. The minimum atomic E-state index is -0.391. The van der Waals surface area contributed by atoms with Gasteiger partial charge in [-0.3, -0.25) is 4.79 Å². The molecule has 1 amide bonds. The molecule has 4 aromatic rings. The van der Waals surface area contributed by atoms with E-state index < -0.39 is 5.82 Å². The fraction of sp³-hybridized carbons (Fsp3) is 0.0952. The molecule has 0 unspecified atom stereocenters. The molecule has 2 aromatic heterocycles. The van der Waals surface area contributed by atoms with Gasteiger partial charge in [0.25, 0.3) is 11.8 Å². The van der Waals surface area contributed by atoms with Crippen molar-refractivity contribution in [1.82, 2.24) is 10.1 Å². The van der Waals surface area contributed by atoms with Gasteiger partial charge in [0.05, 0.1) is 19.9 Å². The van der Waals surface area contributed by atoms with Crippen molar-refractivity contribution in [1.29, 1.82) is 0 Å². The predicted molar refractivity (Wildman–Crippen MR) is 111 cm³/mol. The summed E-state index contributed by atoms with van der Waals surface area (Å²) in [5.74, 6) is 0.744. The molecule has 9 heteroatoms. The number of thiophene rings is 1. The molecule has 2 heterocycles. The van der Waals surface area contributed by atoms with Crippen LogP contribution >= 0.6 is 11.3 Å². The lowest BCUT2D eigenvalue weighted by Crippen LogP contribution is -2.12. The molecule has 0 spiro atoms. The van der Waals surface area contributed by atoms with Gasteiger partial charge in [0.1, 0.15) is 10.7 Å². The summed E-state index contributed by atoms with van der Waals surface area (Å²) in [4.78, 5) is 17.6. The second kappa shape index (κ2) is 8.34.